The van der Waals surface area contributed by atoms with Gasteiger partial charge in [0.25, 0.3) is 0 Å². The van der Waals surface area contributed by atoms with Gasteiger partial charge in [-0.2, -0.15) is 5.26 Å². The molecule has 0 aliphatic rings. The van der Waals surface area contributed by atoms with Gasteiger partial charge in [0, 0.05) is 15.5 Å². The van der Waals surface area contributed by atoms with E-state index in [4.69, 9.17) is 21.6 Å². The standard InChI is InChI=1S/C11H10ClNO2S/c1-2-15-11(14)5-7-8(6-13)10(16)4-3-9(7)12/h3-4,16H,2,5H2,1H3. The third-order valence-electron chi connectivity index (χ3n) is 1.97. The van der Waals surface area contributed by atoms with Crippen molar-refractivity contribution in [2.45, 2.75) is 18.2 Å². The molecule has 3 nitrogen and oxygen atoms in total. The van der Waals surface area contributed by atoms with Crippen molar-refractivity contribution in [3.05, 3.63) is 28.3 Å². The Morgan fingerprint density at radius 1 is 1.62 bits per heavy atom. The Kier molecular flexibility index (Phi) is 4.66. The van der Waals surface area contributed by atoms with Gasteiger partial charge < -0.3 is 4.74 Å². The van der Waals surface area contributed by atoms with Crippen LogP contribution in [0, 0.1) is 11.3 Å². The molecule has 0 heterocycles. The van der Waals surface area contributed by atoms with Gasteiger partial charge in [0.15, 0.2) is 0 Å². The van der Waals surface area contributed by atoms with Crippen molar-refractivity contribution in [2.75, 3.05) is 6.61 Å². The molecule has 0 fully saturated rings. The maximum atomic E-state index is 11.3. The van der Waals surface area contributed by atoms with Crippen LogP contribution in [0.3, 0.4) is 0 Å². The van der Waals surface area contributed by atoms with Gasteiger partial charge in [-0.25, -0.2) is 0 Å². The second-order valence-electron chi connectivity index (χ2n) is 3.01. The summed E-state index contributed by atoms with van der Waals surface area (Å²) in [5.41, 5.74) is 0.791. The van der Waals surface area contributed by atoms with Gasteiger partial charge in [-0.1, -0.05) is 11.6 Å². The zero-order chi connectivity index (χ0) is 12.1. The molecule has 84 valence electrons. The van der Waals surface area contributed by atoms with E-state index < -0.39 is 5.97 Å². The third-order valence-corrected chi connectivity index (χ3v) is 2.70. The molecule has 0 aliphatic heterocycles. The Morgan fingerprint density at radius 2 is 2.31 bits per heavy atom. The van der Waals surface area contributed by atoms with Crippen molar-refractivity contribution in [2.24, 2.45) is 0 Å². The lowest BCUT2D eigenvalue weighted by atomic mass is 10.1. The lowest BCUT2D eigenvalue weighted by Crippen LogP contribution is -2.09. The first-order chi connectivity index (χ1) is 7.60. The fourth-order valence-electron chi connectivity index (χ4n) is 1.26. The minimum absolute atomic E-state index is 0.00995. The minimum Gasteiger partial charge on any atom is -0.466 e. The number of hydrogen-bond donors (Lipinski definition) is 1. The van der Waals surface area contributed by atoms with E-state index in [0.29, 0.717) is 27.7 Å². The molecule has 0 aromatic heterocycles. The summed E-state index contributed by atoms with van der Waals surface area (Å²) in [5, 5.41) is 9.33. The van der Waals surface area contributed by atoms with Crippen molar-refractivity contribution in [3.8, 4) is 6.07 Å². The molecule has 1 aromatic rings. The van der Waals surface area contributed by atoms with Gasteiger partial charge in [-0.05, 0) is 19.1 Å². The molecular formula is C11H10ClNO2S. The Morgan fingerprint density at radius 3 is 2.88 bits per heavy atom. The first kappa shape index (κ1) is 12.9. The van der Waals surface area contributed by atoms with Crippen molar-refractivity contribution >= 4 is 30.2 Å². The predicted octanol–water partition coefficient (Wildman–Crippen LogP) is 2.61. The smallest absolute Gasteiger partial charge is 0.310 e. The number of nitriles is 1. The number of carbonyl (C=O) groups excluding carboxylic acids is 1. The number of hydrogen-bond acceptors (Lipinski definition) is 4. The molecule has 16 heavy (non-hydrogen) atoms. The summed E-state index contributed by atoms with van der Waals surface area (Å²) >= 11 is 10.1. The van der Waals surface area contributed by atoms with Crippen LogP contribution in [0.15, 0.2) is 17.0 Å². The van der Waals surface area contributed by atoms with Crippen LogP contribution in [-0.2, 0) is 16.0 Å². The van der Waals surface area contributed by atoms with Gasteiger partial charge in [0.1, 0.15) is 6.07 Å². The van der Waals surface area contributed by atoms with Crippen LogP contribution in [0.1, 0.15) is 18.1 Å². The highest BCUT2D eigenvalue weighted by molar-refractivity contribution is 7.80. The molecule has 1 aromatic carbocycles. The van der Waals surface area contributed by atoms with Crippen LogP contribution in [0.25, 0.3) is 0 Å². The van der Waals surface area contributed by atoms with Crippen LogP contribution < -0.4 is 0 Å². The van der Waals surface area contributed by atoms with Gasteiger partial charge >= 0.3 is 5.97 Å². The lowest BCUT2D eigenvalue weighted by molar-refractivity contribution is -0.142. The average Bonchev–Trinajstić information content (AvgIpc) is 2.24. The molecule has 0 N–H and O–H groups in total. The molecule has 0 aliphatic carbocycles. The molecule has 0 bridgehead atoms. The molecule has 1 rings (SSSR count). The van der Waals surface area contributed by atoms with E-state index in [0.717, 1.165) is 0 Å². The summed E-state index contributed by atoms with van der Waals surface area (Å²) in [6.45, 7) is 2.03. The van der Waals surface area contributed by atoms with Gasteiger partial charge in [-0.15, -0.1) is 12.6 Å². The van der Waals surface area contributed by atoms with E-state index in [9.17, 15) is 4.79 Å². The zero-order valence-electron chi connectivity index (χ0n) is 8.66. The Labute approximate surface area is 104 Å². The largest absolute Gasteiger partial charge is 0.466 e. The van der Waals surface area contributed by atoms with Crippen LogP contribution in [-0.4, -0.2) is 12.6 Å². The van der Waals surface area contributed by atoms with Crippen LogP contribution >= 0.6 is 24.2 Å². The lowest BCUT2D eigenvalue weighted by Gasteiger charge is -2.08. The molecule has 0 radical (unpaired) electrons. The normalized spacial score (nSPS) is 9.62. The number of thiol groups is 1. The molecule has 0 saturated heterocycles. The summed E-state index contributed by atoms with van der Waals surface area (Å²) in [5.74, 6) is -0.403. The van der Waals surface area contributed by atoms with E-state index in [-0.39, 0.29) is 6.42 Å². The van der Waals surface area contributed by atoms with E-state index in [1.807, 2.05) is 6.07 Å². The van der Waals surface area contributed by atoms with E-state index >= 15 is 0 Å². The van der Waals surface area contributed by atoms with Gasteiger partial charge in [-0.3, -0.25) is 4.79 Å². The highest BCUT2D eigenvalue weighted by Crippen LogP contribution is 2.26. The molecule has 0 spiro atoms. The second kappa shape index (κ2) is 5.78. The van der Waals surface area contributed by atoms with Crippen LogP contribution in [0.5, 0.6) is 0 Å². The number of ether oxygens (including phenoxy) is 1. The van der Waals surface area contributed by atoms with Gasteiger partial charge in [0.2, 0.25) is 0 Å². The molecule has 5 heteroatoms. The van der Waals surface area contributed by atoms with Crippen LogP contribution in [0.4, 0.5) is 0 Å². The summed E-state index contributed by atoms with van der Waals surface area (Å²) in [4.78, 5) is 11.8. The second-order valence-corrected chi connectivity index (χ2v) is 3.90. The number of benzene rings is 1. The van der Waals surface area contributed by atoms with Crippen molar-refractivity contribution in [3.63, 3.8) is 0 Å². The van der Waals surface area contributed by atoms with E-state index in [2.05, 4.69) is 12.6 Å². The third kappa shape index (κ3) is 2.91. The zero-order valence-corrected chi connectivity index (χ0v) is 10.3. The number of esters is 1. The fourth-order valence-corrected chi connectivity index (χ4v) is 1.75. The Hall–Kier alpha value is -1.18. The Bertz CT molecular complexity index is 454. The monoisotopic (exact) mass is 255 g/mol. The predicted molar refractivity (Wildman–Crippen MR) is 63.8 cm³/mol. The molecule has 0 atom stereocenters. The van der Waals surface area contributed by atoms with E-state index in [1.165, 1.54) is 0 Å². The van der Waals surface area contributed by atoms with E-state index in [1.54, 1.807) is 19.1 Å². The van der Waals surface area contributed by atoms with Gasteiger partial charge in [0.05, 0.1) is 18.6 Å². The summed E-state index contributed by atoms with van der Waals surface area (Å²) in [6.07, 6.45) is -0.00995. The fraction of sp³-hybridized carbons (Fsp3) is 0.273. The van der Waals surface area contributed by atoms with Crippen molar-refractivity contribution < 1.29 is 9.53 Å². The number of nitrogens with zero attached hydrogens (tertiary/aromatic N) is 1. The Balaban J connectivity index is 3.08. The number of carbonyl (C=O) groups is 1. The molecule has 0 unspecified atom stereocenters. The quantitative estimate of drug-likeness (QED) is 0.667. The first-order valence-corrected chi connectivity index (χ1v) is 5.48. The van der Waals surface area contributed by atoms with Crippen LogP contribution in [0.2, 0.25) is 5.02 Å². The highest BCUT2D eigenvalue weighted by atomic mass is 35.5. The maximum absolute atomic E-state index is 11.3. The van der Waals surface area contributed by atoms with Crippen molar-refractivity contribution in [1.29, 1.82) is 5.26 Å². The average molecular weight is 256 g/mol. The van der Waals surface area contributed by atoms with Crippen molar-refractivity contribution in [1.82, 2.24) is 0 Å². The number of halogens is 1. The minimum atomic E-state index is -0.403. The summed E-state index contributed by atoms with van der Waals surface area (Å²) in [7, 11) is 0. The maximum Gasteiger partial charge on any atom is 0.310 e. The summed E-state index contributed by atoms with van der Waals surface area (Å²) < 4.78 is 4.81. The summed E-state index contributed by atoms with van der Waals surface area (Å²) in [6, 6.07) is 5.22. The molecule has 0 amide bonds. The SMILES string of the molecule is CCOC(=O)Cc1c(Cl)ccc(S)c1C#N. The number of rotatable bonds is 3. The molecular weight excluding hydrogens is 246 g/mol. The first-order valence-electron chi connectivity index (χ1n) is 4.66. The topological polar surface area (TPSA) is 50.1 Å². The highest BCUT2D eigenvalue weighted by Gasteiger charge is 2.14. The molecule has 0 saturated carbocycles.